The summed E-state index contributed by atoms with van der Waals surface area (Å²) < 4.78 is 6.83. The van der Waals surface area contributed by atoms with E-state index in [-0.39, 0.29) is 10.1 Å². The van der Waals surface area contributed by atoms with Crippen LogP contribution in [0.3, 0.4) is 0 Å². The zero-order valence-corrected chi connectivity index (χ0v) is 33.0. The molecule has 1 saturated heterocycles. The Kier molecular flexibility index (Phi) is 6.83. The van der Waals surface area contributed by atoms with E-state index in [4.69, 9.17) is 0 Å². The Bertz CT molecular complexity index is 1720. The first-order chi connectivity index (χ1) is 20.7. The second-order valence-corrected chi connectivity index (χ2v) is 39.4. The second-order valence-electron chi connectivity index (χ2n) is 16.5. The van der Waals surface area contributed by atoms with Crippen molar-refractivity contribution < 1.29 is 20.0 Å². The number of hydrogen-bond donors (Lipinski definition) is 0. The van der Waals surface area contributed by atoms with Crippen LogP contribution in [0.5, 0.6) is 0 Å². The number of benzene rings is 4. The molecule has 4 aromatic rings. The average molecular weight is 759 g/mol. The van der Waals surface area contributed by atoms with Gasteiger partial charge in [0.25, 0.3) is 0 Å². The molecule has 1 aliphatic heterocycles. The van der Waals surface area contributed by atoms with Crippen molar-refractivity contribution in [2.75, 3.05) is 0 Å². The number of fused-ring (bicyclic) bond motifs is 6. The van der Waals surface area contributed by atoms with E-state index in [0.717, 1.165) is 0 Å². The van der Waals surface area contributed by atoms with Crippen LogP contribution in [0.2, 0.25) is 19.4 Å². The molecule has 2 unspecified atom stereocenters. The van der Waals surface area contributed by atoms with Gasteiger partial charge in [0.05, 0.1) is 0 Å². The predicted molar refractivity (Wildman–Crippen MR) is 192 cm³/mol. The summed E-state index contributed by atoms with van der Waals surface area (Å²) in [5.41, 5.74) is 14.5. The van der Waals surface area contributed by atoms with Crippen molar-refractivity contribution >= 4 is 20.2 Å². The van der Waals surface area contributed by atoms with Crippen LogP contribution >= 0.6 is 0 Å². The van der Waals surface area contributed by atoms with Gasteiger partial charge in [-0.15, -0.1) is 0 Å². The molecule has 4 aromatic carbocycles. The van der Waals surface area contributed by atoms with Crippen LogP contribution in [0.1, 0.15) is 82.3 Å². The summed E-state index contributed by atoms with van der Waals surface area (Å²) in [6.45, 7) is 19.9. The summed E-state index contributed by atoms with van der Waals surface area (Å²) in [7, 11) is -2.32. The SMILES string of the molecule is Cc1ccc(-c2cccc3c2C=C2[CH]3[Hf]([CH3])([CH3])[CH]3C(=Cc4c(-c5ccc(C)cc5)cccc43)[Si]2(C(C)(C)C)C(C)(C)C)cc1. The summed E-state index contributed by atoms with van der Waals surface area (Å²) in [4.78, 5) is 0. The van der Waals surface area contributed by atoms with Gasteiger partial charge in [-0.25, -0.2) is 0 Å². The van der Waals surface area contributed by atoms with Crippen molar-refractivity contribution in [1.82, 2.24) is 0 Å². The standard InChI is InChI=1S/C40H42Si.2CH3.Hf/c1-27-15-19-29(20-16-27)35-13-9-11-31-23-33(25-37(31)35)41(39(3,4)5,40(6,7)8)34-24-32-12-10-14-36(38(32)26-34)30-21-17-28(2)18-22-30;;;/h9-26H,1-8H3;2*1H3;. The molecule has 0 N–H and O–H groups in total. The number of allylic oxidation sites excluding steroid dienone is 2. The van der Waals surface area contributed by atoms with Crippen molar-refractivity contribution in [3.63, 3.8) is 0 Å². The van der Waals surface area contributed by atoms with Gasteiger partial charge >= 0.3 is 273 Å². The van der Waals surface area contributed by atoms with Crippen LogP contribution in [0.4, 0.5) is 0 Å². The molecular weight excluding hydrogens is 711 g/mol. The molecule has 0 bridgehead atoms. The summed E-state index contributed by atoms with van der Waals surface area (Å²) in [5.74, 6) is 0. The molecular formula is C42H48HfSi. The van der Waals surface area contributed by atoms with Crippen molar-refractivity contribution in [2.45, 2.75) is 82.2 Å². The van der Waals surface area contributed by atoms with Crippen LogP contribution in [0, 0.1) is 13.8 Å². The minimum atomic E-state index is -3.16. The van der Waals surface area contributed by atoms with Gasteiger partial charge in [0, 0.05) is 0 Å². The summed E-state index contributed by atoms with van der Waals surface area (Å²) in [5, 5.41) is 4.04. The molecule has 0 aromatic heterocycles. The first kappa shape index (κ1) is 30.1. The van der Waals surface area contributed by atoms with Gasteiger partial charge in [-0.2, -0.15) is 0 Å². The van der Waals surface area contributed by atoms with E-state index in [2.05, 4.69) is 162 Å². The molecule has 0 saturated carbocycles. The first-order valence-electron chi connectivity index (χ1n) is 16.5. The maximum absolute atomic E-state index is 3.16. The van der Waals surface area contributed by atoms with Gasteiger partial charge in [0.15, 0.2) is 0 Å². The Morgan fingerprint density at radius 3 is 1.23 bits per heavy atom. The van der Waals surface area contributed by atoms with Crippen molar-refractivity contribution in [1.29, 1.82) is 0 Å². The molecule has 1 heterocycles. The van der Waals surface area contributed by atoms with Gasteiger partial charge in [-0.3, -0.25) is 0 Å². The third-order valence-electron chi connectivity index (χ3n) is 11.5. The number of hydrogen-bond acceptors (Lipinski definition) is 0. The van der Waals surface area contributed by atoms with Crippen LogP contribution in [0.15, 0.2) is 95.3 Å². The quantitative estimate of drug-likeness (QED) is 0.179. The topological polar surface area (TPSA) is 0 Å². The van der Waals surface area contributed by atoms with Gasteiger partial charge in [0.1, 0.15) is 0 Å². The Morgan fingerprint density at radius 1 is 0.523 bits per heavy atom. The molecule has 1 fully saturated rings. The predicted octanol–water partition coefficient (Wildman–Crippen LogP) is 12.6. The fourth-order valence-electron chi connectivity index (χ4n) is 10.2. The molecule has 224 valence electrons. The third kappa shape index (κ3) is 4.09. The molecule has 2 atom stereocenters. The van der Waals surface area contributed by atoms with Crippen LogP contribution < -0.4 is 0 Å². The Morgan fingerprint density at radius 2 is 0.886 bits per heavy atom. The van der Waals surface area contributed by atoms with Crippen LogP contribution in [-0.2, 0) is 20.0 Å². The molecule has 7 rings (SSSR count). The maximum atomic E-state index is 2.80. The normalized spacial score (nSPS) is 21.1. The van der Waals surface area contributed by atoms with Gasteiger partial charge in [-0.05, 0) is 0 Å². The minimum absolute atomic E-state index is 0.169. The Balaban J connectivity index is 1.55. The molecule has 2 aliphatic carbocycles. The van der Waals surface area contributed by atoms with Crippen molar-refractivity contribution in [3.8, 4) is 22.3 Å². The third-order valence-corrected chi connectivity index (χ3v) is 35.8. The van der Waals surface area contributed by atoms with E-state index in [9.17, 15) is 0 Å². The van der Waals surface area contributed by atoms with Crippen molar-refractivity contribution in [2.24, 2.45) is 0 Å². The van der Waals surface area contributed by atoms with E-state index in [1.807, 2.05) is 10.4 Å². The van der Waals surface area contributed by atoms with E-state index in [0.29, 0.717) is 7.35 Å². The van der Waals surface area contributed by atoms with E-state index >= 15 is 0 Å². The zero-order chi connectivity index (χ0) is 31.4. The fourth-order valence-corrected chi connectivity index (χ4v) is 44.0. The molecule has 44 heavy (non-hydrogen) atoms. The molecule has 3 aliphatic rings. The van der Waals surface area contributed by atoms with Crippen molar-refractivity contribution in [3.05, 3.63) is 129 Å². The zero-order valence-electron chi connectivity index (χ0n) is 28.4. The summed E-state index contributed by atoms with van der Waals surface area (Å²) >= 11 is -3.16. The Labute approximate surface area is 271 Å². The molecule has 0 radical (unpaired) electrons. The van der Waals surface area contributed by atoms with E-state index in [1.165, 1.54) is 44.5 Å². The van der Waals surface area contributed by atoms with E-state index in [1.54, 1.807) is 11.1 Å². The first-order valence-corrected chi connectivity index (χ1v) is 29.9. The average Bonchev–Trinajstić information content (AvgIpc) is 3.53. The molecule has 2 heteroatoms. The molecule has 0 nitrogen and oxygen atoms in total. The van der Waals surface area contributed by atoms with Gasteiger partial charge in [0.2, 0.25) is 0 Å². The van der Waals surface area contributed by atoms with E-state index < -0.39 is 28.0 Å². The molecule has 0 spiro atoms. The fraction of sp³-hybridized carbons (Fsp3) is 0.333. The van der Waals surface area contributed by atoms with Crippen LogP contribution in [-0.4, -0.2) is 8.07 Å². The van der Waals surface area contributed by atoms with Gasteiger partial charge in [-0.1, -0.05) is 0 Å². The number of aryl methyl sites for hydroxylation is 2. The summed E-state index contributed by atoms with van der Waals surface area (Å²) in [6.07, 6.45) is 5.53. The monoisotopic (exact) mass is 760 g/mol. The number of rotatable bonds is 2. The second kappa shape index (κ2) is 9.97. The Hall–Kier alpha value is -2.55. The summed E-state index contributed by atoms with van der Waals surface area (Å²) in [6, 6.07) is 32.9. The van der Waals surface area contributed by atoms with Gasteiger partial charge < -0.3 is 0 Å². The molecule has 0 amide bonds. The van der Waals surface area contributed by atoms with Crippen LogP contribution in [0.25, 0.3) is 34.4 Å².